The van der Waals surface area contributed by atoms with E-state index in [0.29, 0.717) is 38.4 Å². The molecular weight excluding hydrogens is 425 g/mol. The van der Waals surface area contributed by atoms with Crippen LogP contribution in [0.2, 0.25) is 0 Å². The van der Waals surface area contributed by atoms with Gasteiger partial charge in [0.25, 0.3) is 5.91 Å². The van der Waals surface area contributed by atoms with Gasteiger partial charge in [-0.1, -0.05) is 0 Å². The topological polar surface area (TPSA) is 79.8 Å². The maximum Gasteiger partial charge on any atom is 0.408 e. The van der Waals surface area contributed by atoms with Crippen LogP contribution in [0.15, 0.2) is 23.2 Å². The summed E-state index contributed by atoms with van der Waals surface area (Å²) in [5.41, 5.74) is -0.265. The van der Waals surface area contributed by atoms with Gasteiger partial charge < -0.3 is 10.1 Å². The molecule has 0 spiro atoms. The number of carbonyl (C=O) groups is 2. The second kappa shape index (κ2) is 11.1. The molecule has 11 heteroatoms. The highest BCUT2D eigenvalue weighted by Crippen LogP contribution is 2.27. The van der Waals surface area contributed by atoms with Crippen LogP contribution >= 0.6 is 0 Å². The molecule has 6 nitrogen and oxygen atoms in total. The number of benzene rings is 1. The van der Waals surface area contributed by atoms with Gasteiger partial charge in [-0.2, -0.15) is 13.2 Å². The Morgan fingerprint density at radius 3 is 2.39 bits per heavy atom. The SMILES string of the molecule is CCOC(=O)CC1CCC(NC(=NCC(F)(F)F)NC(=O)c2ccc(F)c(F)c2)CC1. The van der Waals surface area contributed by atoms with Gasteiger partial charge in [-0.15, -0.1) is 0 Å². The molecule has 1 aliphatic rings. The Kier molecular flexibility index (Phi) is 8.76. The number of halogens is 5. The molecule has 1 amide bonds. The third-order valence-corrected chi connectivity index (χ3v) is 4.78. The van der Waals surface area contributed by atoms with Crippen LogP contribution in [0, 0.1) is 17.6 Å². The van der Waals surface area contributed by atoms with Gasteiger partial charge in [-0.25, -0.2) is 13.8 Å². The summed E-state index contributed by atoms with van der Waals surface area (Å²) in [4.78, 5) is 27.2. The van der Waals surface area contributed by atoms with Crippen LogP contribution < -0.4 is 10.6 Å². The molecule has 0 heterocycles. The lowest BCUT2D eigenvalue weighted by molar-refractivity contribution is -0.144. The second-order valence-electron chi connectivity index (χ2n) is 7.23. The summed E-state index contributed by atoms with van der Waals surface area (Å²) < 4.78 is 69.1. The Morgan fingerprint density at radius 1 is 1.13 bits per heavy atom. The van der Waals surface area contributed by atoms with E-state index in [0.717, 1.165) is 12.1 Å². The number of hydrogen-bond donors (Lipinski definition) is 2. The predicted octanol–water partition coefficient (Wildman–Crippen LogP) is 3.71. The first-order valence-corrected chi connectivity index (χ1v) is 9.87. The van der Waals surface area contributed by atoms with Crippen molar-refractivity contribution in [2.45, 2.75) is 51.2 Å². The lowest BCUT2D eigenvalue weighted by Crippen LogP contribution is -2.47. The minimum atomic E-state index is -4.59. The first-order chi connectivity index (χ1) is 14.6. The molecule has 0 bridgehead atoms. The van der Waals surface area contributed by atoms with Crippen LogP contribution in [-0.4, -0.2) is 43.2 Å². The van der Waals surface area contributed by atoms with Crippen molar-refractivity contribution < 1.29 is 36.3 Å². The maximum atomic E-state index is 13.3. The minimum absolute atomic E-state index is 0.115. The van der Waals surface area contributed by atoms with E-state index in [-0.39, 0.29) is 29.9 Å². The molecule has 1 aromatic carbocycles. The van der Waals surface area contributed by atoms with E-state index in [1.165, 1.54) is 0 Å². The summed E-state index contributed by atoms with van der Waals surface area (Å²) in [6, 6.07) is 2.13. The highest BCUT2D eigenvalue weighted by molar-refractivity contribution is 6.05. The van der Waals surface area contributed by atoms with E-state index >= 15 is 0 Å². The van der Waals surface area contributed by atoms with Crippen LogP contribution in [0.5, 0.6) is 0 Å². The van der Waals surface area contributed by atoms with E-state index in [2.05, 4.69) is 15.6 Å². The van der Waals surface area contributed by atoms with Gasteiger partial charge in [0.05, 0.1) is 6.61 Å². The summed E-state index contributed by atoms with van der Waals surface area (Å²) in [6.07, 6.45) is -1.90. The van der Waals surface area contributed by atoms with Crippen molar-refractivity contribution in [3.8, 4) is 0 Å². The lowest BCUT2D eigenvalue weighted by Gasteiger charge is -2.29. The third kappa shape index (κ3) is 8.50. The first kappa shape index (κ1) is 24.5. The average Bonchev–Trinajstić information content (AvgIpc) is 2.69. The van der Waals surface area contributed by atoms with Crippen molar-refractivity contribution in [1.82, 2.24) is 10.6 Å². The summed E-state index contributed by atoms with van der Waals surface area (Å²) in [5, 5.41) is 4.99. The first-order valence-electron chi connectivity index (χ1n) is 9.87. The van der Waals surface area contributed by atoms with Crippen LogP contribution in [0.3, 0.4) is 0 Å². The number of rotatable bonds is 6. The van der Waals surface area contributed by atoms with Gasteiger partial charge in [-0.05, 0) is 56.7 Å². The lowest BCUT2D eigenvalue weighted by atomic mass is 9.84. The molecule has 1 aromatic rings. The summed E-state index contributed by atoms with van der Waals surface area (Å²) >= 11 is 0. The highest BCUT2D eigenvalue weighted by atomic mass is 19.4. The van der Waals surface area contributed by atoms with Crippen molar-refractivity contribution in [2.75, 3.05) is 13.2 Å². The predicted molar refractivity (Wildman–Crippen MR) is 102 cm³/mol. The number of hydrogen-bond acceptors (Lipinski definition) is 4. The Balaban J connectivity index is 2.00. The van der Waals surface area contributed by atoms with Gasteiger partial charge in [0.1, 0.15) is 6.54 Å². The molecule has 0 aliphatic heterocycles. The normalized spacial score (nSPS) is 19.6. The Morgan fingerprint density at radius 2 is 1.81 bits per heavy atom. The minimum Gasteiger partial charge on any atom is -0.466 e. The largest absolute Gasteiger partial charge is 0.466 e. The highest BCUT2D eigenvalue weighted by Gasteiger charge is 2.28. The molecule has 1 aliphatic carbocycles. The number of carbonyl (C=O) groups excluding carboxylic acids is 2. The fraction of sp³-hybridized carbons (Fsp3) is 0.550. The van der Waals surface area contributed by atoms with Crippen LogP contribution in [0.4, 0.5) is 22.0 Å². The number of alkyl halides is 3. The number of esters is 1. The standard InChI is InChI=1S/C20H24F5N3O3/c1-2-31-17(29)9-12-3-6-14(7-4-12)27-19(26-11-20(23,24)25)28-18(30)13-5-8-15(21)16(22)10-13/h5,8,10,12,14H,2-4,6-7,9,11H2,1H3,(H2,26,27,28,30). The maximum absolute atomic E-state index is 13.3. The fourth-order valence-corrected chi connectivity index (χ4v) is 3.27. The quantitative estimate of drug-likeness (QED) is 0.300. The molecule has 0 unspecified atom stereocenters. The van der Waals surface area contributed by atoms with Gasteiger partial charge in [-0.3, -0.25) is 14.9 Å². The molecule has 0 radical (unpaired) electrons. The van der Waals surface area contributed by atoms with Crippen molar-refractivity contribution in [2.24, 2.45) is 10.9 Å². The molecule has 2 N–H and O–H groups in total. The Hall–Kier alpha value is -2.72. The zero-order chi connectivity index (χ0) is 23.0. The molecule has 172 valence electrons. The zero-order valence-electron chi connectivity index (χ0n) is 16.9. The smallest absolute Gasteiger partial charge is 0.408 e. The third-order valence-electron chi connectivity index (χ3n) is 4.78. The van der Waals surface area contributed by atoms with E-state index in [4.69, 9.17) is 4.74 Å². The Bertz CT molecular complexity index is 806. The molecule has 1 fully saturated rings. The van der Waals surface area contributed by atoms with Crippen molar-refractivity contribution >= 4 is 17.8 Å². The van der Waals surface area contributed by atoms with Crippen molar-refractivity contribution in [1.29, 1.82) is 0 Å². The molecule has 1 saturated carbocycles. The number of nitrogens with one attached hydrogen (secondary N) is 2. The summed E-state index contributed by atoms with van der Waals surface area (Å²) in [6.45, 7) is 0.493. The van der Waals surface area contributed by atoms with Gasteiger partial charge in [0.15, 0.2) is 17.6 Å². The van der Waals surface area contributed by atoms with Gasteiger partial charge in [0, 0.05) is 18.0 Å². The molecule has 2 rings (SSSR count). The van der Waals surface area contributed by atoms with Crippen LogP contribution in [-0.2, 0) is 9.53 Å². The van der Waals surface area contributed by atoms with E-state index in [1.807, 2.05) is 0 Å². The van der Waals surface area contributed by atoms with Crippen molar-refractivity contribution in [3.05, 3.63) is 35.4 Å². The van der Waals surface area contributed by atoms with Crippen molar-refractivity contribution in [3.63, 3.8) is 0 Å². The number of amides is 1. The zero-order valence-corrected chi connectivity index (χ0v) is 16.9. The number of aliphatic imine (C=N–C) groups is 1. The molecular formula is C20H24F5N3O3. The van der Waals surface area contributed by atoms with Crippen LogP contribution in [0.25, 0.3) is 0 Å². The Labute approximate surface area is 176 Å². The molecule has 31 heavy (non-hydrogen) atoms. The van der Waals surface area contributed by atoms with Crippen LogP contribution in [0.1, 0.15) is 49.4 Å². The number of guanidine groups is 1. The average molecular weight is 449 g/mol. The molecule has 0 atom stereocenters. The van der Waals surface area contributed by atoms with Gasteiger partial charge in [0.2, 0.25) is 0 Å². The summed E-state index contributed by atoms with van der Waals surface area (Å²) in [7, 11) is 0. The number of nitrogens with zero attached hydrogens (tertiary/aromatic N) is 1. The van der Waals surface area contributed by atoms with E-state index in [1.54, 1.807) is 6.92 Å². The van der Waals surface area contributed by atoms with Gasteiger partial charge >= 0.3 is 12.1 Å². The van der Waals surface area contributed by atoms with E-state index in [9.17, 15) is 31.5 Å². The molecule has 0 saturated heterocycles. The number of ether oxygens (including phenoxy) is 1. The second-order valence-corrected chi connectivity index (χ2v) is 7.23. The summed E-state index contributed by atoms with van der Waals surface area (Å²) in [5.74, 6) is -3.91. The fourth-order valence-electron chi connectivity index (χ4n) is 3.27. The molecule has 0 aromatic heterocycles. The van der Waals surface area contributed by atoms with E-state index < -0.39 is 36.2 Å². The monoisotopic (exact) mass is 449 g/mol.